The second-order valence-corrected chi connectivity index (χ2v) is 4.97. The third-order valence-corrected chi connectivity index (χ3v) is 1.79. The van der Waals surface area contributed by atoms with E-state index < -0.39 is 17.2 Å². The molecule has 0 unspecified atom stereocenters. The minimum atomic E-state index is -2.61. The first kappa shape index (κ1) is 16.1. The van der Waals surface area contributed by atoms with Gasteiger partial charge in [0.15, 0.2) is 0 Å². The Hall–Kier alpha value is 0.620. The van der Waals surface area contributed by atoms with Crippen molar-refractivity contribution in [1.29, 1.82) is 0 Å². The molecular formula is C5H16O6P2. The lowest BCUT2D eigenvalue weighted by atomic mass is 9.99. The summed E-state index contributed by atoms with van der Waals surface area (Å²) in [5.41, 5.74) is 0.0972. The lowest BCUT2D eigenvalue weighted by Gasteiger charge is -2.11. The van der Waals surface area contributed by atoms with Crippen molar-refractivity contribution in [2.24, 2.45) is 5.41 Å². The quantitative estimate of drug-likeness (QED) is 0.444. The highest BCUT2D eigenvalue weighted by atomic mass is 31.2. The Labute approximate surface area is 79.8 Å². The Morgan fingerprint density at radius 3 is 1.23 bits per heavy atom. The third kappa shape index (κ3) is 24.5. The molecular weight excluding hydrogens is 218 g/mol. The van der Waals surface area contributed by atoms with Gasteiger partial charge in [0.25, 0.3) is 0 Å². The molecule has 0 aliphatic carbocycles. The lowest BCUT2D eigenvalue weighted by Crippen LogP contribution is -2.09. The molecule has 5 N–H and O–H groups in total. The van der Waals surface area contributed by atoms with Crippen molar-refractivity contribution in [2.75, 3.05) is 6.61 Å². The van der Waals surface area contributed by atoms with Gasteiger partial charge in [-0.1, -0.05) is 20.8 Å². The zero-order valence-electron chi connectivity index (χ0n) is 7.75. The average Bonchev–Trinajstić information content (AvgIpc) is 1.84. The summed E-state index contributed by atoms with van der Waals surface area (Å²) in [5, 5.41) is 8.40. The molecule has 0 atom stereocenters. The number of hydrogen-bond acceptors (Lipinski definition) is 6. The fourth-order valence-corrected chi connectivity index (χ4v) is 0.588. The summed E-state index contributed by atoms with van der Waals surface area (Å²) in [7, 11) is -5.22. The van der Waals surface area contributed by atoms with Crippen LogP contribution in [0.2, 0.25) is 0 Å². The minimum absolute atomic E-state index is 0.0972. The average molecular weight is 234 g/mol. The Kier molecular flexibility index (Phi) is 9.85. The molecule has 0 spiro atoms. The first-order valence-corrected chi connectivity index (χ1v) is 5.67. The molecule has 0 aromatic carbocycles. The smallest absolute Gasteiger partial charge is 0.334 e. The highest BCUT2D eigenvalue weighted by Gasteiger charge is 2.06. The summed E-state index contributed by atoms with van der Waals surface area (Å²) in [6, 6.07) is 0. The summed E-state index contributed by atoms with van der Waals surface area (Å²) in [5.74, 6) is 0. The highest BCUT2D eigenvalue weighted by Crippen LogP contribution is 2.41. The Balaban J connectivity index is 0. The van der Waals surface area contributed by atoms with Crippen LogP contribution in [0.15, 0.2) is 0 Å². The largest absolute Gasteiger partial charge is 0.396 e. The summed E-state index contributed by atoms with van der Waals surface area (Å²) in [4.78, 5) is 31.3. The highest BCUT2D eigenvalue weighted by molar-refractivity contribution is 7.53. The number of aliphatic hydroxyl groups is 1. The van der Waals surface area contributed by atoms with Gasteiger partial charge in [0.2, 0.25) is 0 Å². The van der Waals surface area contributed by atoms with Crippen LogP contribution in [0.25, 0.3) is 0 Å². The normalized spacial score (nSPS) is 11.5. The topological polar surface area (TPSA) is 110 Å². The Bertz CT molecular complexity index is 106. The van der Waals surface area contributed by atoms with Crippen LogP contribution in [0, 0.1) is 5.41 Å². The lowest BCUT2D eigenvalue weighted by molar-refractivity contribution is 0.177. The van der Waals surface area contributed by atoms with Crippen molar-refractivity contribution in [2.45, 2.75) is 20.8 Å². The molecule has 8 heteroatoms. The molecule has 0 aliphatic heterocycles. The molecule has 13 heavy (non-hydrogen) atoms. The van der Waals surface area contributed by atoms with Crippen LogP contribution in [0.5, 0.6) is 0 Å². The Morgan fingerprint density at radius 1 is 1.00 bits per heavy atom. The van der Waals surface area contributed by atoms with Crippen molar-refractivity contribution < 1.29 is 29.0 Å². The number of aliphatic hydroxyl groups excluding tert-OH is 1. The van der Waals surface area contributed by atoms with Crippen LogP contribution in [-0.4, -0.2) is 31.3 Å². The molecule has 0 bridgehead atoms. The van der Waals surface area contributed by atoms with Crippen molar-refractivity contribution in [3.63, 3.8) is 0 Å². The van der Waals surface area contributed by atoms with Gasteiger partial charge < -0.3 is 24.7 Å². The van der Waals surface area contributed by atoms with Crippen LogP contribution in [0.3, 0.4) is 0 Å². The van der Waals surface area contributed by atoms with Gasteiger partial charge in [-0.3, -0.25) is 0 Å². The van der Waals surface area contributed by atoms with Gasteiger partial charge in [0.1, 0.15) is 0 Å². The zero-order valence-corrected chi connectivity index (χ0v) is 9.53. The predicted octanol–water partition coefficient (Wildman–Crippen LogP) is 0.451. The van der Waals surface area contributed by atoms with Crippen molar-refractivity contribution in [3.8, 4) is 0 Å². The van der Waals surface area contributed by atoms with Gasteiger partial charge in [0.05, 0.1) is 0 Å². The van der Waals surface area contributed by atoms with Crippen LogP contribution < -0.4 is 0 Å². The van der Waals surface area contributed by atoms with Crippen molar-refractivity contribution >= 4 is 17.2 Å². The van der Waals surface area contributed by atoms with Crippen LogP contribution >= 0.6 is 17.2 Å². The SMILES string of the molecule is CC(C)(C)CO.OP(O)OP(O)O. The molecule has 0 aliphatic rings. The maximum atomic E-state index is 8.40. The molecule has 0 aromatic rings. The predicted molar refractivity (Wildman–Crippen MR) is 50.3 cm³/mol. The molecule has 0 fully saturated rings. The Morgan fingerprint density at radius 2 is 1.23 bits per heavy atom. The van der Waals surface area contributed by atoms with Gasteiger partial charge in [-0.25, -0.2) is 4.31 Å². The minimum Gasteiger partial charge on any atom is -0.396 e. The van der Waals surface area contributed by atoms with Gasteiger partial charge in [-0.2, -0.15) is 0 Å². The van der Waals surface area contributed by atoms with E-state index in [1.54, 1.807) is 0 Å². The second-order valence-electron chi connectivity index (χ2n) is 3.31. The first-order valence-electron chi connectivity index (χ1n) is 3.33. The second kappa shape index (κ2) is 7.97. The number of rotatable bonds is 2. The summed E-state index contributed by atoms with van der Waals surface area (Å²) < 4.78 is 3.60. The zero-order chi connectivity index (χ0) is 11.1. The molecule has 0 amide bonds. The van der Waals surface area contributed by atoms with Crippen molar-refractivity contribution in [1.82, 2.24) is 0 Å². The molecule has 0 heterocycles. The summed E-state index contributed by atoms with van der Waals surface area (Å²) in [6.45, 7) is 6.25. The maximum Gasteiger partial charge on any atom is 0.334 e. The standard InChI is InChI=1S/C5H12O.H4O5P2/c1-5(2,3)4-6;1-6(2)5-7(3)4/h6H,4H2,1-3H3;1-4H. The van der Waals surface area contributed by atoms with E-state index in [-0.39, 0.29) is 12.0 Å². The molecule has 0 saturated carbocycles. The third-order valence-electron chi connectivity index (χ3n) is 0.620. The fraction of sp³-hybridized carbons (Fsp3) is 1.00. The summed E-state index contributed by atoms with van der Waals surface area (Å²) in [6.07, 6.45) is 0. The van der Waals surface area contributed by atoms with Crippen LogP contribution in [0.4, 0.5) is 0 Å². The summed E-state index contributed by atoms with van der Waals surface area (Å²) >= 11 is 0. The van der Waals surface area contributed by atoms with Crippen molar-refractivity contribution in [3.05, 3.63) is 0 Å². The fourth-order valence-electron chi connectivity index (χ4n) is 0.0653. The molecule has 0 rings (SSSR count). The van der Waals surface area contributed by atoms with E-state index in [1.807, 2.05) is 20.8 Å². The monoisotopic (exact) mass is 234 g/mol. The molecule has 82 valence electrons. The van der Waals surface area contributed by atoms with Gasteiger partial charge >= 0.3 is 17.2 Å². The van der Waals surface area contributed by atoms with E-state index in [0.717, 1.165) is 0 Å². The van der Waals surface area contributed by atoms with E-state index >= 15 is 0 Å². The number of hydrogen-bond donors (Lipinski definition) is 5. The van der Waals surface area contributed by atoms with E-state index in [2.05, 4.69) is 4.31 Å². The molecule has 0 saturated heterocycles. The maximum absolute atomic E-state index is 8.40. The molecule has 0 aromatic heterocycles. The molecule has 0 radical (unpaired) electrons. The molecule has 6 nitrogen and oxygen atoms in total. The van der Waals surface area contributed by atoms with Crippen LogP contribution in [-0.2, 0) is 4.31 Å². The van der Waals surface area contributed by atoms with E-state index in [1.165, 1.54) is 0 Å². The van der Waals surface area contributed by atoms with E-state index in [0.29, 0.717) is 0 Å². The first-order chi connectivity index (χ1) is 5.69. The van der Waals surface area contributed by atoms with E-state index in [4.69, 9.17) is 24.7 Å². The van der Waals surface area contributed by atoms with Gasteiger partial charge in [-0.15, -0.1) is 0 Å². The van der Waals surface area contributed by atoms with Crippen LogP contribution in [0.1, 0.15) is 20.8 Å². The van der Waals surface area contributed by atoms with E-state index in [9.17, 15) is 0 Å². The van der Waals surface area contributed by atoms with Gasteiger partial charge in [0, 0.05) is 6.61 Å². The van der Waals surface area contributed by atoms with Gasteiger partial charge in [-0.05, 0) is 5.41 Å².